The van der Waals surface area contributed by atoms with E-state index in [2.05, 4.69) is 32.9 Å². The second kappa shape index (κ2) is 5.60. The third-order valence-corrected chi connectivity index (χ3v) is 3.73. The first-order valence-corrected chi connectivity index (χ1v) is 6.78. The van der Waals surface area contributed by atoms with Crippen molar-refractivity contribution in [1.29, 1.82) is 0 Å². The number of benzene rings is 1. The summed E-state index contributed by atoms with van der Waals surface area (Å²) in [7, 11) is 1.66. The van der Waals surface area contributed by atoms with Gasteiger partial charge in [-0.25, -0.2) is 0 Å². The number of ether oxygens (including phenoxy) is 1. The molecule has 1 aromatic carbocycles. The van der Waals surface area contributed by atoms with Gasteiger partial charge in [-0.3, -0.25) is 4.79 Å². The molecular weight excluding hydrogens is 341 g/mol. The van der Waals surface area contributed by atoms with Gasteiger partial charge in [0.25, 0.3) is 0 Å². The van der Waals surface area contributed by atoms with Crippen LogP contribution in [0.4, 0.5) is 0 Å². The highest BCUT2D eigenvalue weighted by Gasteiger charge is 2.10. The summed E-state index contributed by atoms with van der Waals surface area (Å²) in [6.07, 6.45) is 0.811. The van der Waals surface area contributed by atoms with Crippen LogP contribution in [-0.2, 0) is 11.2 Å². The van der Waals surface area contributed by atoms with Crippen LogP contribution >= 0.6 is 22.6 Å². The lowest BCUT2D eigenvalue weighted by atomic mass is 10.1. The molecule has 0 atom stereocenters. The fourth-order valence-corrected chi connectivity index (χ4v) is 2.78. The molecule has 0 fully saturated rings. The first kappa shape index (κ1) is 13.2. The van der Waals surface area contributed by atoms with Gasteiger partial charge < -0.3 is 15.0 Å². The van der Waals surface area contributed by atoms with E-state index < -0.39 is 0 Å². The molecule has 0 saturated carbocycles. The quantitative estimate of drug-likeness (QED) is 0.827. The van der Waals surface area contributed by atoms with Crippen molar-refractivity contribution >= 4 is 39.4 Å². The summed E-state index contributed by atoms with van der Waals surface area (Å²) in [5.74, 6) is 0.848. The SMILES string of the molecule is COc1ccc2[nH]c([125I])c(CCNC(C)=O)c2c1. The lowest BCUT2D eigenvalue weighted by molar-refractivity contribution is -0.118. The minimum Gasteiger partial charge on any atom is -0.497 e. The molecule has 2 rings (SSSR count). The average Bonchev–Trinajstić information content (AvgIpc) is 2.64. The van der Waals surface area contributed by atoms with Crippen LogP contribution in [0.25, 0.3) is 10.9 Å². The summed E-state index contributed by atoms with van der Waals surface area (Å²) in [6, 6.07) is 5.97. The average molecular weight is 356 g/mol. The molecule has 0 aliphatic carbocycles. The molecule has 96 valence electrons. The minimum absolute atomic E-state index is 0.00225. The highest BCUT2D eigenvalue weighted by Crippen LogP contribution is 2.27. The van der Waals surface area contributed by atoms with Gasteiger partial charge in [0.1, 0.15) is 5.75 Å². The number of hydrogen-bond donors (Lipinski definition) is 2. The van der Waals surface area contributed by atoms with Crippen molar-refractivity contribution in [1.82, 2.24) is 10.3 Å². The Labute approximate surface area is 119 Å². The Bertz CT molecular complexity index is 578. The van der Waals surface area contributed by atoms with Gasteiger partial charge in [0.15, 0.2) is 0 Å². The predicted octanol–water partition coefficient (Wildman–Crippen LogP) is 2.46. The van der Waals surface area contributed by atoms with E-state index in [0.29, 0.717) is 6.54 Å². The van der Waals surface area contributed by atoms with Gasteiger partial charge in [0.2, 0.25) is 5.91 Å². The van der Waals surface area contributed by atoms with Gasteiger partial charge in [-0.1, -0.05) is 0 Å². The molecule has 0 radical (unpaired) electrons. The molecule has 1 amide bonds. The Morgan fingerprint density at radius 2 is 2.28 bits per heavy atom. The highest BCUT2D eigenvalue weighted by atomic mass is 125. The Morgan fingerprint density at radius 3 is 2.94 bits per heavy atom. The van der Waals surface area contributed by atoms with Crippen molar-refractivity contribution in [3.8, 4) is 5.75 Å². The first-order valence-electron chi connectivity index (χ1n) is 5.70. The zero-order valence-electron chi connectivity index (χ0n) is 10.3. The molecule has 5 heteroatoms. The zero-order valence-corrected chi connectivity index (χ0v) is 12.5. The lowest BCUT2D eigenvalue weighted by Gasteiger charge is -2.03. The maximum absolute atomic E-state index is 10.9. The maximum atomic E-state index is 10.9. The smallest absolute Gasteiger partial charge is 0.216 e. The van der Waals surface area contributed by atoms with Crippen molar-refractivity contribution in [2.75, 3.05) is 13.7 Å². The molecule has 18 heavy (non-hydrogen) atoms. The van der Waals surface area contributed by atoms with E-state index >= 15 is 0 Å². The zero-order chi connectivity index (χ0) is 13.1. The van der Waals surface area contributed by atoms with E-state index in [-0.39, 0.29) is 5.91 Å². The van der Waals surface area contributed by atoms with Crippen LogP contribution in [0.2, 0.25) is 0 Å². The minimum atomic E-state index is 0.00225. The van der Waals surface area contributed by atoms with Crippen molar-refractivity contribution in [2.45, 2.75) is 13.3 Å². The van der Waals surface area contributed by atoms with Crippen LogP contribution in [0.5, 0.6) is 5.75 Å². The van der Waals surface area contributed by atoms with Gasteiger partial charge in [-0.2, -0.15) is 0 Å². The Kier molecular flexibility index (Phi) is 4.11. The van der Waals surface area contributed by atoms with Crippen molar-refractivity contribution in [3.05, 3.63) is 27.5 Å². The van der Waals surface area contributed by atoms with Crippen LogP contribution in [0.15, 0.2) is 18.2 Å². The van der Waals surface area contributed by atoms with Crippen LogP contribution in [-0.4, -0.2) is 24.5 Å². The number of nitrogens with one attached hydrogen (secondary N) is 2. The van der Waals surface area contributed by atoms with Crippen molar-refractivity contribution < 1.29 is 9.53 Å². The second-order valence-corrected chi connectivity index (χ2v) is 5.14. The molecule has 0 spiro atoms. The van der Waals surface area contributed by atoms with Gasteiger partial charge in [0, 0.05) is 24.4 Å². The van der Waals surface area contributed by atoms with Gasteiger partial charge in [-0.15, -0.1) is 0 Å². The lowest BCUT2D eigenvalue weighted by Crippen LogP contribution is -2.22. The van der Waals surface area contributed by atoms with Gasteiger partial charge in [0.05, 0.1) is 10.8 Å². The van der Waals surface area contributed by atoms with Gasteiger partial charge in [-0.05, 0) is 52.8 Å². The van der Waals surface area contributed by atoms with Crippen LogP contribution in [0.3, 0.4) is 0 Å². The third-order valence-electron chi connectivity index (χ3n) is 2.81. The molecule has 1 heterocycles. The Hall–Kier alpha value is -1.24. The standard InChI is InChI=1S/C13H15IN2O2/c1-8(17)15-6-5-10-11-7-9(18-2)3-4-12(11)16-13(10)14/h3-4,7,16H,5-6H2,1-2H3,(H,15,17)/i14-2. The van der Waals surface area contributed by atoms with E-state index in [4.69, 9.17) is 4.74 Å². The van der Waals surface area contributed by atoms with E-state index in [1.165, 1.54) is 12.5 Å². The summed E-state index contributed by atoms with van der Waals surface area (Å²) in [5.41, 5.74) is 2.32. The Morgan fingerprint density at radius 1 is 1.50 bits per heavy atom. The summed E-state index contributed by atoms with van der Waals surface area (Å²) in [4.78, 5) is 14.2. The molecule has 0 aliphatic rings. The van der Waals surface area contributed by atoms with Crippen LogP contribution in [0.1, 0.15) is 12.5 Å². The number of amides is 1. The highest BCUT2D eigenvalue weighted by molar-refractivity contribution is 14.1. The predicted molar refractivity (Wildman–Crippen MR) is 80.0 cm³/mol. The maximum Gasteiger partial charge on any atom is 0.216 e. The summed E-state index contributed by atoms with van der Waals surface area (Å²) in [6.45, 7) is 2.18. The van der Waals surface area contributed by atoms with E-state index in [0.717, 1.165) is 26.8 Å². The summed E-state index contributed by atoms with van der Waals surface area (Å²) < 4.78 is 6.36. The van der Waals surface area contributed by atoms with Crippen LogP contribution < -0.4 is 10.1 Å². The molecule has 0 unspecified atom stereocenters. The number of fused-ring (bicyclic) bond motifs is 1. The van der Waals surface area contributed by atoms with E-state index in [1.807, 2.05) is 18.2 Å². The van der Waals surface area contributed by atoms with E-state index in [1.54, 1.807) is 7.11 Å². The summed E-state index contributed by atoms with van der Waals surface area (Å²) in [5, 5.41) is 3.97. The Balaban J connectivity index is 2.29. The molecule has 2 N–H and O–H groups in total. The number of aromatic amines is 1. The monoisotopic (exact) mass is 356 g/mol. The molecular formula is C13H15IN2O2. The molecule has 4 nitrogen and oxygen atoms in total. The van der Waals surface area contributed by atoms with Gasteiger partial charge >= 0.3 is 0 Å². The topological polar surface area (TPSA) is 54.1 Å². The molecule has 0 bridgehead atoms. The number of carbonyl (C=O) groups excluding carboxylic acids is 1. The van der Waals surface area contributed by atoms with Crippen LogP contribution in [0, 0.1) is 3.70 Å². The van der Waals surface area contributed by atoms with Crippen molar-refractivity contribution in [2.24, 2.45) is 0 Å². The number of aromatic nitrogens is 1. The fraction of sp³-hybridized carbons (Fsp3) is 0.308. The number of hydrogen-bond acceptors (Lipinski definition) is 2. The second-order valence-electron chi connectivity index (χ2n) is 4.06. The number of rotatable bonds is 4. The number of halogens is 1. The third kappa shape index (κ3) is 2.77. The van der Waals surface area contributed by atoms with Crippen molar-refractivity contribution in [3.63, 3.8) is 0 Å². The number of methoxy groups -OCH3 is 1. The molecule has 2 aromatic rings. The normalized spacial score (nSPS) is 10.6. The molecule has 1 aromatic heterocycles. The first-order chi connectivity index (χ1) is 8.61. The fourth-order valence-electron chi connectivity index (χ4n) is 1.93. The largest absolute Gasteiger partial charge is 0.497 e. The van der Waals surface area contributed by atoms with E-state index in [9.17, 15) is 4.79 Å². The molecule has 0 aliphatic heterocycles. The number of carbonyl (C=O) groups is 1. The summed E-state index contributed by atoms with van der Waals surface area (Å²) >= 11 is 2.29. The molecule has 0 saturated heterocycles. The number of H-pyrrole nitrogens is 1.